The Balaban J connectivity index is 2.84. The predicted molar refractivity (Wildman–Crippen MR) is 54.5 cm³/mol. The molecule has 0 saturated heterocycles. The molecule has 0 fully saturated rings. The number of hydrogen-bond acceptors (Lipinski definition) is 1. The fourth-order valence-electron chi connectivity index (χ4n) is 1.38. The van der Waals surface area contributed by atoms with Crippen molar-refractivity contribution < 1.29 is 13.6 Å². The number of carbonyl (C=O) groups is 1. The van der Waals surface area contributed by atoms with Crippen molar-refractivity contribution in [2.75, 3.05) is 0 Å². The maximum atomic E-state index is 13.3. The van der Waals surface area contributed by atoms with Gasteiger partial charge in [-0.2, -0.15) is 0 Å². The lowest BCUT2D eigenvalue weighted by molar-refractivity contribution is -0.112. The van der Waals surface area contributed by atoms with Gasteiger partial charge in [0.1, 0.15) is 17.9 Å². The van der Waals surface area contributed by atoms with Crippen molar-refractivity contribution in [3.63, 3.8) is 0 Å². The van der Waals surface area contributed by atoms with Gasteiger partial charge in [-0.3, -0.25) is 0 Å². The zero-order valence-electron chi connectivity index (χ0n) is 8.84. The van der Waals surface area contributed by atoms with Crippen LogP contribution in [0.25, 0.3) is 0 Å². The fourth-order valence-corrected chi connectivity index (χ4v) is 1.38. The molecule has 0 N–H and O–H groups in total. The lowest BCUT2D eigenvalue weighted by Crippen LogP contribution is -2.14. The first kappa shape index (κ1) is 11.8. The molecule has 82 valence electrons. The Morgan fingerprint density at radius 1 is 1.33 bits per heavy atom. The summed E-state index contributed by atoms with van der Waals surface area (Å²) in [6.07, 6.45) is 1.15. The van der Waals surface area contributed by atoms with E-state index in [1.807, 2.05) is 13.8 Å². The smallest absolute Gasteiger partial charge is 0.129 e. The Hall–Kier alpha value is -1.25. The highest BCUT2D eigenvalue weighted by Crippen LogP contribution is 2.18. The van der Waals surface area contributed by atoms with Crippen LogP contribution in [0.2, 0.25) is 0 Å². The van der Waals surface area contributed by atoms with E-state index >= 15 is 0 Å². The van der Waals surface area contributed by atoms with Crippen LogP contribution in [0.4, 0.5) is 8.78 Å². The van der Waals surface area contributed by atoms with Crippen molar-refractivity contribution in [3.05, 3.63) is 35.4 Å². The molecule has 0 aromatic heterocycles. The second kappa shape index (κ2) is 5.01. The Bertz CT molecular complexity index is 347. The van der Waals surface area contributed by atoms with E-state index in [4.69, 9.17) is 0 Å². The maximum Gasteiger partial charge on any atom is 0.129 e. The topological polar surface area (TPSA) is 17.1 Å². The van der Waals surface area contributed by atoms with Crippen LogP contribution >= 0.6 is 0 Å². The molecule has 0 heterocycles. The minimum Gasteiger partial charge on any atom is -0.303 e. The Kier molecular flexibility index (Phi) is 3.95. The lowest BCUT2D eigenvalue weighted by atomic mass is 9.90. The summed E-state index contributed by atoms with van der Waals surface area (Å²) in [6, 6.07) is 3.45. The Morgan fingerprint density at radius 2 is 2.00 bits per heavy atom. The summed E-state index contributed by atoms with van der Waals surface area (Å²) in [5.74, 6) is -1.23. The monoisotopic (exact) mass is 212 g/mol. The normalized spacial score (nSPS) is 12.9. The summed E-state index contributed by atoms with van der Waals surface area (Å²) in [7, 11) is 0. The van der Waals surface area contributed by atoms with Crippen molar-refractivity contribution in [1.29, 1.82) is 0 Å². The van der Waals surface area contributed by atoms with Gasteiger partial charge >= 0.3 is 0 Å². The molecule has 0 spiro atoms. The molecular formula is C12H14F2O. The van der Waals surface area contributed by atoms with Gasteiger partial charge in [0.25, 0.3) is 0 Å². The first-order chi connectivity index (χ1) is 7.04. The van der Waals surface area contributed by atoms with Gasteiger partial charge in [-0.15, -0.1) is 0 Å². The van der Waals surface area contributed by atoms with Gasteiger partial charge < -0.3 is 4.79 Å². The molecule has 1 aromatic rings. The van der Waals surface area contributed by atoms with Crippen LogP contribution in [0.15, 0.2) is 18.2 Å². The summed E-state index contributed by atoms with van der Waals surface area (Å²) in [6.45, 7) is 3.81. The van der Waals surface area contributed by atoms with Crippen LogP contribution in [0.5, 0.6) is 0 Å². The molecule has 0 aliphatic heterocycles. The molecule has 3 heteroatoms. The number of benzene rings is 1. The van der Waals surface area contributed by atoms with Gasteiger partial charge in [0.05, 0.1) is 0 Å². The molecule has 1 nitrogen and oxygen atoms in total. The zero-order chi connectivity index (χ0) is 11.4. The zero-order valence-corrected chi connectivity index (χ0v) is 8.84. The standard InChI is InChI=1S/C12H14F2O/c1-8(2)10(7-15)5-9-3-4-11(13)6-12(9)14/h3-4,6-8,10H,5H2,1-2H3. The summed E-state index contributed by atoms with van der Waals surface area (Å²) in [5.41, 5.74) is 0.391. The summed E-state index contributed by atoms with van der Waals surface area (Å²) in [5, 5.41) is 0. The second-order valence-corrected chi connectivity index (χ2v) is 3.98. The molecule has 15 heavy (non-hydrogen) atoms. The van der Waals surface area contributed by atoms with E-state index in [-0.39, 0.29) is 11.8 Å². The van der Waals surface area contributed by atoms with Crippen LogP contribution in [0.3, 0.4) is 0 Å². The van der Waals surface area contributed by atoms with Crippen molar-refractivity contribution >= 4 is 6.29 Å². The molecule has 1 unspecified atom stereocenters. The number of aldehydes is 1. The first-order valence-electron chi connectivity index (χ1n) is 4.93. The number of rotatable bonds is 4. The largest absolute Gasteiger partial charge is 0.303 e. The van der Waals surface area contributed by atoms with Crippen LogP contribution in [0.1, 0.15) is 19.4 Å². The third kappa shape index (κ3) is 3.11. The van der Waals surface area contributed by atoms with E-state index in [1.165, 1.54) is 12.1 Å². The summed E-state index contributed by atoms with van der Waals surface area (Å²) < 4.78 is 25.9. The molecule has 0 radical (unpaired) electrons. The van der Waals surface area contributed by atoms with Gasteiger partial charge in [0.15, 0.2) is 0 Å². The summed E-state index contributed by atoms with van der Waals surface area (Å²) >= 11 is 0. The van der Waals surface area contributed by atoms with Crippen LogP contribution < -0.4 is 0 Å². The molecule has 1 atom stereocenters. The van der Waals surface area contributed by atoms with E-state index < -0.39 is 11.6 Å². The van der Waals surface area contributed by atoms with Crippen LogP contribution in [0, 0.1) is 23.5 Å². The highest BCUT2D eigenvalue weighted by Gasteiger charge is 2.15. The van der Waals surface area contributed by atoms with Gasteiger partial charge in [-0.1, -0.05) is 19.9 Å². The van der Waals surface area contributed by atoms with E-state index in [2.05, 4.69) is 0 Å². The highest BCUT2D eigenvalue weighted by atomic mass is 19.1. The molecule has 0 amide bonds. The Morgan fingerprint density at radius 3 is 2.47 bits per heavy atom. The number of hydrogen-bond donors (Lipinski definition) is 0. The molecular weight excluding hydrogens is 198 g/mol. The summed E-state index contributed by atoms with van der Waals surface area (Å²) in [4.78, 5) is 10.7. The molecule has 1 rings (SSSR count). The number of halogens is 2. The minimum atomic E-state index is -0.594. The highest BCUT2D eigenvalue weighted by molar-refractivity contribution is 5.54. The second-order valence-electron chi connectivity index (χ2n) is 3.98. The molecule has 0 aliphatic carbocycles. The van der Waals surface area contributed by atoms with E-state index in [0.717, 1.165) is 12.4 Å². The van der Waals surface area contributed by atoms with Gasteiger partial charge in [-0.05, 0) is 24.0 Å². The van der Waals surface area contributed by atoms with E-state index in [1.54, 1.807) is 0 Å². The first-order valence-corrected chi connectivity index (χ1v) is 4.93. The molecule has 0 saturated carbocycles. The van der Waals surface area contributed by atoms with E-state index in [0.29, 0.717) is 12.0 Å². The average Bonchev–Trinajstić information content (AvgIpc) is 2.16. The van der Waals surface area contributed by atoms with Crippen molar-refractivity contribution in [2.45, 2.75) is 20.3 Å². The van der Waals surface area contributed by atoms with Gasteiger partial charge in [0.2, 0.25) is 0 Å². The third-order valence-electron chi connectivity index (χ3n) is 2.50. The van der Waals surface area contributed by atoms with Crippen LogP contribution in [-0.4, -0.2) is 6.29 Å². The van der Waals surface area contributed by atoms with Crippen LogP contribution in [-0.2, 0) is 11.2 Å². The Labute approximate surface area is 88.1 Å². The van der Waals surface area contributed by atoms with Gasteiger partial charge in [0, 0.05) is 12.0 Å². The molecule has 0 aliphatic rings. The van der Waals surface area contributed by atoms with E-state index in [9.17, 15) is 13.6 Å². The predicted octanol–water partition coefficient (Wildman–Crippen LogP) is 2.98. The minimum absolute atomic E-state index is 0.159. The SMILES string of the molecule is CC(C)C(C=O)Cc1ccc(F)cc1F. The van der Waals surface area contributed by atoms with Crippen molar-refractivity contribution in [2.24, 2.45) is 11.8 Å². The van der Waals surface area contributed by atoms with Crippen molar-refractivity contribution in [3.8, 4) is 0 Å². The third-order valence-corrected chi connectivity index (χ3v) is 2.50. The number of carbonyl (C=O) groups excluding carboxylic acids is 1. The fraction of sp³-hybridized carbons (Fsp3) is 0.417. The van der Waals surface area contributed by atoms with Crippen molar-refractivity contribution in [1.82, 2.24) is 0 Å². The quantitative estimate of drug-likeness (QED) is 0.701. The average molecular weight is 212 g/mol. The lowest BCUT2D eigenvalue weighted by Gasteiger charge is -2.14. The molecule has 1 aromatic carbocycles. The molecule has 0 bridgehead atoms. The maximum absolute atomic E-state index is 13.3. The van der Waals surface area contributed by atoms with Gasteiger partial charge in [-0.25, -0.2) is 8.78 Å².